The molecule has 0 fully saturated rings. The summed E-state index contributed by atoms with van der Waals surface area (Å²) in [5, 5.41) is 4.25. The van der Waals surface area contributed by atoms with Crippen LogP contribution in [0.4, 0.5) is 5.69 Å². The minimum Gasteiger partial charge on any atom is -0.480 e. The Hall–Kier alpha value is -3.22. The van der Waals surface area contributed by atoms with Crippen LogP contribution in [0.5, 0.6) is 5.88 Å². The normalized spacial score (nSPS) is 10.5. The third kappa shape index (κ3) is 2.96. The molecule has 1 aromatic carbocycles. The van der Waals surface area contributed by atoms with E-state index in [-0.39, 0.29) is 5.91 Å². The number of benzene rings is 1. The van der Waals surface area contributed by atoms with Crippen LogP contribution in [0.25, 0.3) is 11.4 Å². The van der Waals surface area contributed by atoms with Crippen molar-refractivity contribution in [1.82, 2.24) is 19.7 Å². The van der Waals surface area contributed by atoms with E-state index in [0.29, 0.717) is 23.0 Å². The number of hydrogen-bond acceptors (Lipinski definition) is 5. The molecule has 3 aromatic rings. The molecule has 2 heterocycles. The Kier molecular flexibility index (Phi) is 4.24. The van der Waals surface area contributed by atoms with Gasteiger partial charge >= 0.3 is 0 Å². The zero-order valence-corrected chi connectivity index (χ0v) is 13.7. The van der Waals surface area contributed by atoms with Crippen LogP contribution < -0.4 is 9.64 Å². The Morgan fingerprint density at radius 2 is 1.92 bits per heavy atom. The lowest BCUT2D eigenvalue weighted by Gasteiger charge is -2.19. The quantitative estimate of drug-likeness (QED) is 0.735. The number of methoxy groups -OCH3 is 1. The molecule has 0 aliphatic heterocycles. The van der Waals surface area contributed by atoms with Gasteiger partial charge in [-0.3, -0.25) is 9.48 Å². The van der Waals surface area contributed by atoms with E-state index in [1.807, 2.05) is 19.2 Å². The minimum atomic E-state index is -0.151. The van der Waals surface area contributed by atoms with E-state index in [2.05, 4.69) is 15.1 Å². The molecule has 2 aromatic heterocycles. The largest absolute Gasteiger partial charge is 0.480 e. The van der Waals surface area contributed by atoms with E-state index in [0.717, 1.165) is 5.56 Å². The Balaban J connectivity index is 1.84. The first-order chi connectivity index (χ1) is 11.6. The lowest BCUT2D eigenvalue weighted by molar-refractivity contribution is 0.0992. The summed E-state index contributed by atoms with van der Waals surface area (Å²) in [7, 11) is 5.03. The molecule has 0 unspecified atom stereocenters. The molecule has 7 heteroatoms. The van der Waals surface area contributed by atoms with Gasteiger partial charge in [0.15, 0.2) is 5.82 Å². The van der Waals surface area contributed by atoms with Crippen molar-refractivity contribution in [3.05, 3.63) is 54.5 Å². The molecule has 0 N–H and O–H groups in total. The number of aromatic nitrogens is 4. The summed E-state index contributed by atoms with van der Waals surface area (Å²) in [6.07, 6.45) is 3.26. The zero-order valence-electron chi connectivity index (χ0n) is 13.7. The minimum absolute atomic E-state index is 0.151. The summed E-state index contributed by atoms with van der Waals surface area (Å²) in [6, 6.07) is 10.7. The van der Waals surface area contributed by atoms with Crippen LogP contribution in [-0.4, -0.2) is 39.8 Å². The first-order valence-corrected chi connectivity index (χ1v) is 7.33. The van der Waals surface area contributed by atoms with Gasteiger partial charge < -0.3 is 9.64 Å². The highest BCUT2D eigenvalue weighted by atomic mass is 16.5. The molecular weight excluding hydrogens is 306 g/mol. The number of carbonyl (C=O) groups excluding carboxylic acids is 1. The number of hydrogen-bond donors (Lipinski definition) is 0. The Bertz CT molecular complexity index is 857. The van der Waals surface area contributed by atoms with Crippen molar-refractivity contribution in [2.24, 2.45) is 7.05 Å². The summed E-state index contributed by atoms with van der Waals surface area (Å²) in [5.41, 5.74) is 2.03. The Morgan fingerprint density at radius 1 is 1.17 bits per heavy atom. The molecule has 0 saturated carbocycles. The summed E-state index contributed by atoms with van der Waals surface area (Å²) in [5.74, 6) is 0.878. The van der Waals surface area contributed by atoms with Gasteiger partial charge in [0.2, 0.25) is 5.88 Å². The third-order valence-corrected chi connectivity index (χ3v) is 3.60. The predicted molar refractivity (Wildman–Crippen MR) is 90.0 cm³/mol. The molecule has 0 atom stereocenters. The molecule has 0 aliphatic rings. The molecule has 0 spiro atoms. The number of rotatable bonds is 4. The first kappa shape index (κ1) is 15.7. The van der Waals surface area contributed by atoms with E-state index in [1.54, 1.807) is 48.5 Å². The second-order valence-electron chi connectivity index (χ2n) is 5.22. The van der Waals surface area contributed by atoms with Crippen molar-refractivity contribution in [3.8, 4) is 17.3 Å². The number of amides is 1. The van der Waals surface area contributed by atoms with E-state index in [4.69, 9.17) is 4.74 Å². The summed E-state index contributed by atoms with van der Waals surface area (Å²) < 4.78 is 6.84. The second-order valence-corrected chi connectivity index (χ2v) is 5.22. The van der Waals surface area contributed by atoms with Crippen molar-refractivity contribution in [2.75, 3.05) is 19.1 Å². The van der Waals surface area contributed by atoms with Crippen LogP contribution in [-0.2, 0) is 7.05 Å². The molecule has 0 aliphatic carbocycles. The molecule has 1 amide bonds. The highest BCUT2D eigenvalue weighted by Crippen LogP contribution is 2.25. The molecular formula is C17H17N5O2. The number of aryl methyl sites for hydroxylation is 1. The Morgan fingerprint density at radius 3 is 2.54 bits per heavy atom. The highest BCUT2D eigenvalue weighted by molar-refractivity contribution is 6.06. The van der Waals surface area contributed by atoms with Crippen LogP contribution in [0.1, 0.15) is 10.4 Å². The second kappa shape index (κ2) is 6.49. The van der Waals surface area contributed by atoms with Crippen molar-refractivity contribution >= 4 is 11.6 Å². The maximum Gasteiger partial charge on any atom is 0.258 e. The molecule has 3 rings (SSSR count). The monoisotopic (exact) mass is 323 g/mol. The van der Waals surface area contributed by atoms with Gasteiger partial charge in [0, 0.05) is 31.4 Å². The van der Waals surface area contributed by atoms with Crippen molar-refractivity contribution in [2.45, 2.75) is 0 Å². The summed E-state index contributed by atoms with van der Waals surface area (Å²) in [4.78, 5) is 22.5. The molecule has 0 bridgehead atoms. The van der Waals surface area contributed by atoms with Gasteiger partial charge in [-0.1, -0.05) is 12.1 Å². The molecule has 24 heavy (non-hydrogen) atoms. The van der Waals surface area contributed by atoms with E-state index in [9.17, 15) is 4.79 Å². The zero-order chi connectivity index (χ0) is 17.1. The number of nitrogens with zero attached hydrogens (tertiary/aromatic N) is 5. The van der Waals surface area contributed by atoms with Gasteiger partial charge in [0.25, 0.3) is 5.91 Å². The van der Waals surface area contributed by atoms with Gasteiger partial charge in [0.1, 0.15) is 12.0 Å². The molecule has 122 valence electrons. The van der Waals surface area contributed by atoms with Crippen LogP contribution in [0.2, 0.25) is 0 Å². The maximum absolute atomic E-state index is 12.7. The average Bonchev–Trinajstić information content (AvgIpc) is 3.07. The van der Waals surface area contributed by atoms with Crippen molar-refractivity contribution in [1.29, 1.82) is 0 Å². The van der Waals surface area contributed by atoms with Crippen LogP contribution in [0.15, 0.2) is 48.9 Å². The summed E-state index contributed by atoms with van der Waals surface area (Å²) in [6.45, 7) is 0. The third-order valence-electron chi connectivity index (χ3n) is 3.60. The van der Waals surface area contributed by atoms with Gasteiger partial charge in [-0.05, 0) is 24.3 Å². The highest BCUT2D eigenvalue weighted by Gasteiger charge is 2.17. The lowest BCUT2D eigenvalue weighted by Crippen LogP contribution is -2.26. The van der Waals surface area contributed by atoms with Crippen LogP contribution >= 0.6 is 0 Å². The van der Waals surface area contributed by atoms with Crippen LogP contribution in [0, 0.1) is 0 Å². The first-order valence-electron chi connectivity index (χ1n) is 7.33. The van der Waals surface area contributed by atoms with Gasteiger partial charge in [-0.25, -0.2) is 9.97 Å². The van der Waals surface area contributed by atoms with Gasteiger partial charge in [-0.2, -0.15) is 5.10 Å². The van der Waals surface area contributed by atoms with Crippen molar-refractivity contribution < 1.29 is 9.53 Å². The van der Waals surface area contributed by atoms with Gasteiger partial charge in [0.05, 0.1) is 7.11 Å². The number of pyridine rings is 1. The van der Waals surface area contributed by atoms with E-state index >= 15 is 0 Å². The predicted octanol–water partition coefficient (Wildman–Crippen LogP) is 2.16. The maximum atomic E-state index is 12.7. The Labute approximate surface area is 139 Å². The standard InChI is InChI=1S/C17H17N5O2/c1-21-11-19-15(20-21)12-6-8-13(9-7-12)17(23)22(2)14-5-4-10-18-16(14)24-3/h4-11H,1-3H3. The molecule has 0 radical (unpaired) electrons. The lowest BCUT2D eigenvalue weighted by atomic mass is 10.1. The summed E-state index contributed by atoms with van der Waals surface area (Å²) >= 11 is 0. The SMILES string of the molecule is COc1ncccc1N(C)C(=O)c1ccc(-c2ncn(C)n2)cc1. The van der Waals surface area contributed by atoms with Gasteiger partial charge in [-0.15, -0.1) is 0 Å². The smallest absolute Gasteiger partial charge is 0.258 e. The average molecular weight is 323 g/mol. The van der Waals surface area contributed by atoms with Crippen LogP contribution in [0.3, 0.4) is 0 Å². The van der Waals surface area contributed by atoms with E-state index < -0.39 is 0 Å². The molecule has 0 saturated heterocycles. The topological polar surface area (TPSA) is 73.1 Å². The number of anilines is 1. The van der Waals surface area contributed by atoms with E-state index in [1.165, 1.54) is 12.0 Å². The fourth-order valence-corrected chi connectivity index (χ4v) is 2.33. The fraction of sp³-hybridized carbons (Fsp3) is 0.176. The fourth-order valence-electron chi connectivity index (χ4n) is 2.33. The van der Waals surface area contributed by atoms with Crippen molar-refractivity contribution in [3.63, 3.8) is 0 Å². The number of ether oxygens (including phenoxy) is 1. The number of carbonyl (C=O) groups is 1. The molecule has 7 nitrogen and oxygen atoms in total.